The van der Waals surface area contributed by atoms with Gasteiger partial charge in [-0.3, -0.25) is 4.98 Å². The van der Waals surface area contributed by atoms with E-state index in [0.717, 1.165) is 29.4 Å². The molecule has 0 atom stereocenters. The Bertz CT molecular complexity index is 1020. The zero-order valence-corrected chi connectivity index (χ0v) is 19.5. The normalized spacial score (nSPS) is 12.0. The van der Waals surface area contributed by atoms with Crippen LogP contribution < -0.4 is 15.4 Å². The van der Waals surface area contributed by atoms with Crippen LogP contribution in [-0.2, 0) is 13.0 Å². The van der Waals surface area contributed by atoms with E-state index in [4.69, 9.17) is 14.3 Å². The Labute approximate surface area is 189 Å². The summed E-state index contributed by atoms with van der Waals surface area (Å²) in [6.45, 7) is 12.1. The van der Waals surface area contributed by atoms with Gasteiger partial charge in [0.15, 0.2) is 11.8 Å². The maximum Gasteiger partial charge on any atom is 0.276 e. The van der Waals surface area contributed by atoms with Gasteiger partial charge in [0, 0.05) is 31.3 Å². The number of aryl methyl sites for hydroxylation is 1. The summed E-state index contributed by atoms with van der Waals surface area (Å²) in [5.41, 5.74) is 2.60. The lowest BCUT2D eigenvalue weighted by Crippen LogP contribution is -2.38. The molecular weight excluding hydrogens is 404 g/mol. The van der Waals surface area contributed by atoms with Crippen LogP contribution in [-0.4, -0.2) is 39.8 Å². The maximum atomic E-state index is 6.14. The van der Waals surface area contributed by atoms with Crippen LogP contribution in [0.2, 0.25) is 0 Å². The molecule has 0 saturated carbocycles. The van der Waals surface area contributed by atoms with E-state index >= 15 is 0 Å². The smallest absolute Gasteiger partial charge is 0.276 e. The maximum absolute atomic E-state index is 6.14. The molecule has 2 N–H and O–H groups in total. The van der Waals surface area contributed by atoms with E-state index in [1.54, 1.807) is 6.20 Å². The van der Waals surface area contributed by atoms with Gasteiger partial charge < -0.3 is 19.9 Å². The summed E-state index contributed by atoms with van der Waals surface area (Å²) in [5, 5.41) is 10.6. The predicted molar refractivity (Wildman–Crippen MR) is 126 cm³/mol. The second-order valence-corrected chi connectivity index (χ2v) is 8.43. The summed E-state index contributed by atoms with van der Waals surface area (Å²) >= 11 is 0. The molecular formula is C24H32N6O2. The van der Waals surface area contributed by atoms with Crippen molar-refractivity contribution in [2.24, 2.45) is 4.99 Å². The van der Waals surface area contributed by atoms with Crippen molar-refractivity contribution in [3.05, 3.63) is 59.5 Å². The molecule has 2 heterocycles. The highest BCUT2D eigenvalue weighted by Gasteiger charge is 2.15. The van der Waals surface area contributed by atoms with Crippen molar-refractivity contribution in [3.8, 4) is 17.3 Å². The number of aliphatic imine (C=N–C) groups is 1. The SMILES string of the molecule is CCNC(=NCc1ccc(C)cc1OC(C)(C)C)NCCc1noc(-c2ccccn2)n1. The minimum atomic E-state index is -0.270. The number of hydrogen-bond donors (Lipinski definition) is 2. The first-order chi connectivity index (χ1) is 15.3. The fourth-order valence-electron chi connectivity index (χ4n) is 2.96. The molecule has 8 nitrogen and oxygen atoms in total. The van der Waals surface area contributed by atoms with Gasteiger partial charge in [-0.2, -0.15) is 4.98 Å². The Morgan fingerprint density at radius 3 is 2.72 bits per heavy atom. The number of hydrogen-bond acceptors (Lipinski definition) is 6. The van der Waals surface area contributed by atoms with Crippen molar-refractivity contribution in [1.82, 2.24) is 25.8 Å². The lowest BCUT2D eigenvalue weighted by molar-refractivity contribution is 0.129. The van der Waals surface area contributed by atoms with Crippen LogP contribution >= 0.6 is 0 Å². The zero-order chi connectivity index (χ0) is 23.0. The average molecular weight is 437 g/mol. The van der Waals surface area contributed by atoms with E-state index in [1.807, 2.05) is 45.9 Å². The number of guanidine groups is 1. The molecule has 0 saturated heterocycles. The fraction of sp³-hybridized carbons (Fsp3) is 0.417. The number of nitrogens with zero attached hydrogens (tertiary/aromatic N) is 4. The quantitative estimate of drug-likeness (QED) is 0.408. The number of pyridine rings is 1. The topological polar surface area (TPSA) is 97.5 Å². The Morgan fingerprint density at radius 1 is 1.16 bits per heavy atom. The molecule has 0 aliphatic heterocycles. The predicted octanol–water partition coefficient (Wildman–Crippen LogP) is 3.92. The molecule has 0 unspecified atom stereocenters. The first-order valence-corrected chi connectivity index (χ1v) is 10.9. The highest BCUT2D eigenvalue weighted by molar-refractivity contribution is 5.79. The van der Waals surface area contributed by atoms with E-state index < -0.39 is 0 Å². The van der Waals surface area contributed by atoms with Gasteiger partial charge in [0.05, 0.1) is 6.54 Å². The molecule has 0 spiro atoms. The second-order valence-electron chi connectivity index (χ2n) is 8.43. The summed E-state index contributed by atoms with van der Waals surface area (Å²) < 4.78 is 11.5. The first kappa shape index (κ1) is 23.2. The third-order valence-corrected chi connectivity index (χ3v) is 4.38. The van der Waals surface area contributed by atoms with E-state index in [9.17, 15) is 0 Å². The van der Waals surface area contributed by atoms with Gasteiger partial charge in [0.2, 0.25) is 0 Å². The molecule has 0 aliphatic rings. The van der Waals surface area contributed by atoms with Crippen LogP contribution in [0, 0.1) is 6.92 Å². The van der Waals surface area contributed by atoms with Crippen molar-refractivity contribution in [2.45, 2.75) is 53.2 Å². The second kappa shape index (κ2) is 10.7. The number of aromatic nitrogens is 3. The summed E-state index contributed by atoms with van der Waals surface area (Å²) in [6.07, 6.45) is 2.30. The van der Waals surface area contributed by atoms with Crippen molar-refractivity contribution in [1.29, 1.82) is 0 Å². The van der Waals surface area contributed by atoms with Gasteiger partial charge in [-0.15, -0.1) is 0 Å². The van der Waals surface area contributed by atoms with E-state index in [2.05, 4.69) is 50.9 Å². The van der Waals surface area contributed by atoms with Crippen molar-refractivity contribution >= 4 is 5.96 Å². The molecule has 32 heavy (non-hydrogen) atoms. The van der Waals surface area contributed by atoms with Gasteiger partial charge in [-0.05, 0) is 58.4 Å². The van der Waals surface area contributed by atoms with Crippen molar-refractivity contribution in [3.63, 3.8) is 0 Å². The van der Waals surface area contributed by atoms with Crippen molar-refractivity contribution in [2.75, 3.05) is 13.1 Å². The molecule has 0 amide bonds. The minimum Gasteiger partial charge on any atom is -0.488 e. The molecule has 170 valence electrons. The van der Waals surface area contributed by atoms with Crippen LogP contribution in [0.3, 0.4) is 0 Å². The third kappa shape index (κ3) is 7.08. The lowest BCUT2D eigenvalue weighted by atomic mass is 10.1. The molecule has 0 radical (unpaired) electrons. The Balaban J connectivity index is 1.61. The monoisotopic (exact) mass is 436 g/mol. The fourth-order valence-corrected chi connectivity index (χ4v) is 2.96. The standard InChI is InChI=1S/C24H32N6O2/c1-6-25-23(28-16-18-11-10-17(2)15-20(18)31-24(3,4)5)27-14-12-21-29-22(32-30-21)19-9-7-8-13-26-19/h7-11,13,15H,6,12,14,16H2,1-5H3,(H2,25,27,28). The number of ether oxygens (including phenoxy) is 1. The zero-order valence-electron chi connectivity index (χ0n) is 19.5. The third-order valence-electron chi connectivity index (χ3n) is 4.38. The number of nitrogens with one attached hydrogen (secondary N) is 2. The van der Waals surface area contributed by atoms with Gasteiger partial charge in [0.25, 0.3) is 5.89 Å². The largest absolute Gasteiger partial charge is 0.488 e. The molecule has 1 aromatic carbocycles. The molecule has 8 heteroatoms. The Hall–Kier alpha value is -3.42. The van der Waals surface area contributed by atoms with Crippen LogP contribution in [0.4, 0.5) is 0 Å². The van der Waals surface area contributed by atoms with Crippen LogP contribution in [0.15, 0.2) is 52.1 Å². The molecule has 3 aromatic rings. The minimum absolute atomic E-state index is 0.270. The molecule has 0 aliphatic carbocycles. The molecule has 0 bridgehead atoms. The highest BCUT2D eigenvalue weighted by atomic mass is 16.5. The first-order valence-electron chi connectivity index (χ1n) is 10.9. The van der Waals surface area contributed by atoms with Crippen LogP contribution in [0.1, 0.15) is 44.6 Å². The van der Waals surface area contributed by atoms with Crippen molar-refractivity contribution < 1.29 is 9.26 Å². The summed E-state index contributed by atoms with van der Waals surface area (Å²) in [7, 11) is 0. The molecule has 0 fully saturated rings. The highest BCUT2D eigenvalue weighted by Crippen LogP contribution is 2.25. The molecule has 3 rings (SSSR count). The summed E-state index contributed by atoms with van der Waals surface area (Å²) in [5.74, 6) is 2.63. The number of rotatable bonds is 8. The Morgan fingerprint density at radius 2 is 2.00 bits per heavy atom. The number of benzene rings is 1. The summed E-state index contributed by atoms with van der Waals surface area (Å²) in [4.78, 5) is 13.4. The van der Waals surface area contributed by atoms with Gasteiger partial charge in [0.1, 0.15) is 17.0 Å². The molecule has 2 aromatic heterocycles. The van der Waals surface area contributed by atoms with E-state index in [1.165, 1.54) is 0 Å². The average Bonchev–Trinajstić information content (AvgIpc) is 3.21. The van der Waals surface area contributed by atoms with Crippen LogP contribution in [0.25, 0.3) is 11.6 Å². The van der Waals surface area contributed by atoms with Gasteiger partial charge in [-0.25, -0.2) is 4.99 Å². The summed E-state index contributed by atoms with van der Waals surface area (Å²) in [6, 6.07) is 11.8. The van der Waals surface area contributed by atoms with Gasteiger partial charge in [-0.1, -0.05) is 23.4 Å². The Kier molecular flexibility index (Phi) is 7.81. The van der Waals surface area contributed by atoms with Gasteiger partial charge >= 0.3 is 0 Å². The van der Waals surface area contributed by atoms with E-state index in [-0.39, 0.29) is 5.60 Å². The lowest BCUT2D eigenvalue weighted by Gasteiger charge is -2.23. The van der Waals surface area contributed by atoms with E-state index in [0.29, 0.717) is 36.9 Å². The van der Waals surface area contributed by atoms with Crippen LogP contribution in [0.5, 0.6) is 5.75 Å².